The number of fused-ring (bicyclic) bond motifs is 1. The van der Waals surface area contributed by atoms with Gasteiger partial charge in [0, 0.05) is 5.39 Å². The zero-order chi connectivity index (χ0) is 10.8. The number of aromatic nitrogens is 1. The Hall–Kier alpha value is -1.66. The second-order valence-corrected chi connectivity index (χ2v) is 3.50. The van der Waals surface area contributed by atoms with Crippen LogP contribution in [0.25, 0.3) is 10.9 Å². The number of benzene rings is 1. The van der Waals surface area contributed by atoms with Gasteiger partial charge in [-0.25, -0.2) is 4.39 Å². The molecule has 1 aromatic carbocycles. The second kappa shape index (κ2) is 3.84. The van der Waals surface area contributed by atoms with Crippen LogP contribution in [0.1, 0.15) is 5.69 Å². The van der Waals surface area contributed by atoms with Crippen molar-refractivity contribution in [2.75, 3.05) is 0 Å². The third-order valence-corrected chi connectivity index (χ3v) is 2.34. The molecule has 2 nitrogen and oxygen atoms in total. The lowest BCUT2D eigenvalue weighted by Gasteiger charge is -2.01. The monoisotopic (exact) mass is 220 g/mol. The van der Waals surface area contributed by atoms with Gasteiger partial charge in [0.05, 0.1) is 28.7 Å². The predicted octanol–water partition coefficient (Wildman–Crippen LogP) is 3.09. The summed E-state index contributed by atoms with van der Waals surface area (Å²) in [5.74, 6) is -0.459. The van der Waals surface area contributed by atoms with Crippen molar-refractivity contribution in [3.63, 3.8) is 0 Å². The van der Waals surface area contributed by atoms with Gasteiger partial charge in [0.1, 0.15) is 5.82 Å². The molecule has 0 radical (unpaired) electrons. The van der Waals surface area contributed by atoms with E-state index in [1.807, 2.05) is 6.07 Å². The quantitative estimate of drug-likeness (QED) is 0.741. The average Bonchev–Trinajstić information content (AvgIpc) is 2.21. The van der Waals surface area contributed by atoms with E-state index in [0.717, 1.165) is 0 Å². The molecule has 15 heavy (non-hydrogen) atoms. The molecule has 2 rings (SSSR count). The minimum absolute atomic E-state index is 0.0455. The summed E-state index contributed by atoms with van der Waals surface area (Å²) in [7, 11) is 0. The second-order valence-electron chi connectivity index (χ2n) is 3.10. The molecule has 0 unspecified atom stereocenters. The largest absolute Gasteiger partial charge is 0.252 e. The minimum Gasteiger partial charge on any atom is -0.252 e. The highest BCUT2D eigenvalue weighted by atomic mass is 35.5. The van der Waals surface area contributed by atoms with Gasteiger partial charge < -0.3 is 0 Å². The van der Waals surface area contributed by atoms with E-state index in [0.29, 0.717) is 16.6 Å². The van der Waals surface area contributed by atoms with Crippen molar-refractivity contribution in [1.82, 2.24) is 4.98 Å². The van der Waals surface area contributed by atoms with Gasteiger partial charge in [-0.2, -0.15) is 5.26 Å². The van der Waals surface area contributed by atoms with Gasteiger partial charge >= 0.3 is 0 Å². The lowest BCUT2D eigenvalue weighted by atomic mass is 10.2. The number of nitrogens with zero attached hydrogens (tertiary/aromatic N) is 2. The molecule has 4 heteroatoms. The van der Waals surface area contributed by atoms with Crippen molar-refractivity contribution < 1.29 is 4.39 Å². The molecule has 2 aromatic rings. The van der Waals surface area contributed by atoms with E-state index >= 15 is 0 Å². The first-order valence-electron chi connectivity index (χ1n) is 4.32. The van der Waals surface area contributed by atoms with E-state index in [-0.39, 0.29) is 11.4 Å². The summed E-state index contributed by atoms with van der Waals surface area (Å²) in [4.78, 5) is 4.19. The van der Waals surface area contributed by atoms with Gasteiger partial charge in [-0.05, 0) is 18.2 Å². The van der Waals surface area contributed by atoms with Gasteiger partial charge in [0.25, 0.3) is 0 Å². The summed E-state index contributed by atoms with van der Waals surface area (Å²) in [6, 6.07) is 8.24. The molecule has 0 saturated heterocycles. The van der Waals surface area contributed by atoms with E-state index in [4.69, 9.17) is 16.9 Å². The molecule has 0 atom stereocenters. The van der Waals surface area contributed by atoms with Crippen LogP contribution in [0.15, 0.2) is 24.3 Å². The molecule has 74 valence electrons. The molecule has 0 aliphatic heterocycles. The number of nitriles is 1. The maximum atomic E-state index is 13.1. The van der Waals surface area contributed by atoms with Gasteiger partial charge in [0.2, 0.25) is 0 Å². The predicted molar refractivity (Wildman–Crippen MR) is 56.0 cm³/mol. The number of hydrogen-bond acceptors (Lipinski definition) is 2. The van der Waals surface area contributed by atoms with Gasteiger partial charge in [-0.15, -0.1) is 0 Å². The average molecular weight is 221 g/mol. The van der Waals surface area contributed by atoms with Crippen LogP contribution >= 0.6 is 11.6 Å². The topological polar surface area (TPSA) is 36.7 Å². The fourth-order valence-electron chi connectivity index (χ4n) is 1.34. The van der Waals surface area contributed by atoms with Gasteiger partial charge in [-0.1, -0.05) is 17.7 Å². The summed E-state index contributed by atoms with van der Waals surface area (Å²) >= 11 is 5.64. The number of hydrogen-bond donors (Lipinski definition) is 0. The van der Waals surface area contributed by atoms with E-state index in [1.165, 1.54) is 12.1 Å². The zero-order valence-corrected chi connectivity index (χ0v) is 8.42. The van der Waals surface area contributed by atoms with Crippen LogP contribution in [0.5, 0.6) is 0 Å². The summed E-state index contributed by atoms with van der Waals surface area (Å²) in [5, 5.41) is 9.24. The summed E-state index contributed by atoms with van der Waals surface area (Å²) in [6.45, 7) is 0. The number of halogens is 2. The number of rotatable bonds is 1. The third kappa shape index (κ3) is 1.90. The highest BCUT2D eigenvalue weighted by Crippen LogP contribution is 2.21. The SMILES string of the molecule is N#CCc1ccc2cc(F)c(Cl)cc2n1. The zero-order valence-electron chi connectivity index (χ0n) is 7.67. The highest BCUT2D eigenvalue weighted by molar-refractivity contribution is 6.31. The van der Waals surface area contributed by atoms with Crippen LogP contribution in [0.3, 0.4) is 0 Å². The van der Waals surface area contributed by atoms with Gasteiger partial charge in [-0.3, -0.25) is 4.98 Å². The molecular weight excluding hydrogens is 215 g/mol. The molecule has 1 aromatic heterocycles. The van der Waals surface area contributed by atoms with Crippen molar-refractivity contribution in [1.29, 1.82) is 5.26 Å². The Labute approximate surface area is 90.9 Å². The summed E-state index contributed by atoms with van der Waals surface area (Å²) in [5.41, 5.74) is 1.27. The lowest BCUT2D eigenvalue weighted by Crippen LogP contribution is -1.89. The van der Waals surface area contributed by atoms with Crippen molar-refractivity contribution >= 4 is 22.5 Å². The van der Waals surface area contributed by atoms with Crippen LogP contribution in [0.4, 0.5) is 4.39 Å². The Morgan fingerprint density at radius 2 is 2.20 bits per heavy atom. The number of pyridine rings is 1. The van der Waals surface area contributed by atoms with Crippen molar-refractivity contribution in [2.45, 2.75) is 6.42 Å². The standard InChI is InChI=1S/C11H6ClFN2/c12-9-6-11-7(5-10(9)13)1-2-8(15-11)3-4-14/h1-2,5-6H,3H2. The van der Waals surface area contributed by atoms with E-state index in [2.05, 4.69) is 4.98 Å². The Bertz CT molecular complexity index is 560. The summed E-state index contributed by atoms with van der Waals surface area (Å²) in [6.07, 6.45) is 0.241. The third-order valence-electron chi connectivity index (χ3n) is 2.05. The highest BCUT2D eigenvalue weighted by Gasteiger charge is 2.04. The van der Waals surface area contributed by atoms with Crippen LogP contribution < -0.4 is 0 Å². The molecule has 0 bridgehead atoms. The fourth-order valence-corrected chi connectivity index (χ4v) is 1.50. The van der Waals surface area contributed by atoms with E-state index in [9.17, 15) is 4.39 Å². The van der Waals surface area contributed by atoms with Crippen molar-refractivity contribution in [3.8, 4) is 6.07 Å². The smallest absolute Gasteiger partial charge is 0.142 e. The molecule has 0 N–H and O–H groups in total. The van der Waals surface area contributed by atoms with E-state index in [1.54, 1.807) is 12.1 Å². The fraction of sp³-hybridized carbons (Fsp3) is 0.0909. The van der Waals surface area contributed by atoms with Crippen molar-refractivity contribution in [2.24, 2.45) is 0 Å². The molecule has 0 aliphatic carbocycles. The Kier molecular flexibility index (Phi) is 2.53. The molecule has 0 fully saturated rings. The Balaban J connectivity index is 2.62. The Morgan fingerprint density at radius 1 is 1.40 bits per heavy atom. The Morgan fingerprint density at radius 3 is 2.93 bits per heavy atom. The van der Waals surface area contributed by atoms with Crippen LogP contribution in [0, 0.1) is 17.1 Å². The molecule has 0 spiro atoms. The maximum absolute atomic E-state index is 13.1. The van der Waals surface area contributed by atoms with E-state index < -0.39 is 5.82 Å². The molecule has 0 saturated carbocycles. The molecule has 0 amide bonds. The molecular formula is C11H6ClFN2. The lowest BCUT2D eigenvalue weighted by molar-refractivity contribution is 0.630. The maximum Gasteiger partial charge on any atom is 0.142 e. The first-order valence-corrected chi connectivity index (χ1v) is 4.70. The molecule has 1 heterocycles. The van der Waals surface area contributed by atoms with Crippen molar-refractivity contribution in [3.05, 3.63) is 40.8 Å². The normalized spacial score (nSPS) is 10.2. The minimum atomic E-state index is -0.459. The van der Waals surface area contributed by atoms with Crippen LogP contribution in [0.2, 0.25) is 5.02 Å². The molecule has 0 aliphatic rings. The van der Waals surface area contributed by atoms with Gasteiger partial charge in [0.15, 0.2) is 0 Å². The first kappa shape index (κ1) is 9.88. The first-order chi connectivity index (χ1) is 7.20. The van der Waals surface area contributed by atoms with Crippen LogP contribution in [-0.4, -0.2) is 4.98 Å². The summed E-state index contributed by atoms with van der Waals surface area (Å²) < 4.78 is 13.1. The van der Waals surface area contributed by atoms with Crippen LogP contribution in [-0.2, 0) is 6.42 Å².